The molecule has 2 atom stereocenters. The molecule has 3 nitrogen and oxygen atoms in total. The van der Waals surface area contributed by atoms with Crippen molar-refractivity contribution in [1.29, 1.82) is 0 Å². The van der Waals surface area contributed by atoms with Crippen LogP contribution in [0.4, 0.5) is 0 Å². The van der Waals surface area contributed by atoms with Crippen LogP contribution >= 0.6 is 11.3 Å². The molecule has 1 aromatic heterocycles. The highest BCUT2D eigenvalue weighted by Gasteiger charge is 2.44. The van der Waals surface area contributed by atoms with Gasteiger partial charge >= 0.3 is 0 Å². The van der Waals surface area contributed by atoms with Crippen LogP contribution in [0.3, 0.4) is 0 Å². The largest absolute Gasteiger partial charge is 0.290 e. The Morgan fingerprint density at radius 2 is 2.46 bits per heavy atom. The van der Waals surface area contributed by atoms with Crippen molar-refractivity contribution in [2.75, 3.05) is 0 Å². The average molecular weight is 191 g/mol. The Morgan fingerprint density at radius 1 is 1.69 bits per heavy atom. The van der Waals surface area contributed by atoms with Crippen molar-refractivity contribution >= 4 is 29.9 Å². The number of hydrogen-bond acceptors (Lipinski definition) is 3. The molecule has 0 bridgehead atoms. The molecular formula is C8H6BNO2S. The van der Waals surface area contributed by atoms with Gasteiger partial charge in [-0.2, -0.15) is 11.3 Å². The van der Waals surface area contributed by atoms with Gasteiger partial charge in [-0.15, -0.1) is 4.91 Å². The molecule has 1 aliphatic carbocycles. The fourth-order valence-corrected chi connectivity index (χ4v) is 2.19. The van der Waals surface area contributed by atoms with Gasteiger partial charge in [0, 0.05) is 5.18 Å². The van der Waals surface area contributed by atoms with Crippen LogP contribution in [-0.2, 0) is 4.79 Å². The Hall–Kier alpha value is -0.965. The molecule has 0 saturated heterocycles. The van der Waals surface area contributed by atoms with Crippen LogP contribution in [0.2, 0.25) is 0 Å². The summed E-state index contributed by atoms with van der Waals surface area (Å²) < 4.78 is 0.743. The van der Waals surface area contributed by atoms with E-state index in [2.05, 4.69) is 5.18 Å². The molecular weight excluding hydrogens is 185 g/mol. The number of hydrogen-bond donors (Lipinski definition) is 0. The number of thiophene rings is 1. The number of nitrogens with zero attached hydrogens (tertiary/aromatic N) is 1. The first-order valence-electron chi connectivity index (χ1n) is 3.93. The fourth-order valence-electron chi connectivity index (χ4n) is 1.47. The topological polar surface area (TPSA) is 46.5 Å². The van der Waals surface area contributed by atoms with Gasteiger partial charge in [-0.05, 0) is 28.1 Å². The maximum absolute atomic E-state index is 10.9. The first kappa shape index (κ1) is 8.63. The van der Waals surface area contributed by atoms with Gasteiger partial charge in [-0.25, -0.2) is 0 Å². The number of carbonyl (C=O) groups excluding carboxylic acids is 1. The molecule has 0 spiro atoms. The van der Waals surface area contributed by atoms with Crippen LogP contribution in [-0.4, -0.2) is 13.8 Å². The Morgan fingerprint density at radius 3 is 3.00 bits per heavy atom. The minimum atomic E-state index is -0.533. The molecule has 1 fully saturated rings. The van der Waals surface area contributed by atoms with E-state index in [0.29, 0.717) is 0 Å². The Kier molecular flexibility index (Phi) is 2.03. The molecule has 2 unspecified atom stereocenters. The van der Waals surface area contributed by atoms with Crippen molar-refractivity contribution in [3.63, 3.8) is 0 Å². The smallest absolute Gasteiger partial charge is 0.269 e. The summed E-state index contributed by atoms with van der Waals surface area (Å²) in [6.45, 7) is 0. The van der Waals surface area contributed by atoms with Gasteiger partial charge in [0.25, 0.3) is 5.91 Å². The van der Waals surface area contributed by atoms with E-state index in [4.69, 9.17) is 7.85 Å². The minimum absolute atomic E-state index is 0.179. The summed E-state index contributed by atoms with van der Waals surface area (Å²) in [5.74, 6) is -0.542. The van der Waals surface area contributed by atoms with Crippen molar-refractivity contribution in [3.05, 3.63) is 21.9 Å². The minimum Gasteiger partial charge on any atom is -0.269 e. The highest BCUT2D eigenvalue weighted by molar-refractivity contribution is 7.18. The summed E-state index contributed by atoms with van der Waals surface area (Å²) in [4.78, 5) is 20.8. The van der Waals surface area contributed by atoms with E-state index in [-0.39, 0.29) is 11.8 Å². The quantitative estimate of drug-likeness (QED) is 0.515. The number of amides is 1. The van der Waals surface area contributed by atoms with Gasteiger partial charge in [0.15, 0.2) is 0 Å². The summed E-state index contributed by atoms with van der Waals surface area (Å²) in [6.07, 6.45) is 0.737. The maximum atomic E-state index is 10.9. The molecule has 0 aliphatic heterocycles. The van der Waals surface area contributed by atoms with Crippen LogP contribution in [0.25, 0.3) is 0 Å². The highest BCUT2D eigenvalue weighted by Crippen LogP contribution is 2.48. The average Bonchev–Trinajstić information content (AvgIpc) is 2.82. The zero-order valence-electron chi connectivity index (χ0n) is 6.77. The van der Waals surface area contributed by atoms with Gasteiger partial charge < -0.3 is 0 Å². The van der Waals surface area contributed by atoms with Crippen LogP contribution in [0, 0.1) is 10.8 Å². The molecule has 0 aromatic carbocycles. The standard InChI is InChI=1S/C8H6BNO2S/c9-7-1-4(3-13-7)5-2-6(5)8(11)10-12/h1,3,5-6H,2H2. The molecule has 1 saturated carbocycles. The van der Waals surface area contributed by atoms with E-state index in [1.807, 2.05) is 11.4 Å². The van der Waals surface area contributed by atoms with E-state index in [9.17, 15) is 9.70 Å². The van der Waals surface area contributed by atoms with Crippen molar-refractivity contribution in [2.24, 2.45) is 11.1 Å². The monoisotopic (exact) mass is 191 g/mol. The molecule has 2 radical (unpaired) electrons. The van der Waals surface area contributed by atoms with Crippen molar-refractivity contribution in [1.82, 2.24) is 0 Å². The van der Waals surface area contributed by atoms with Crippen molar-refractivity contribution in [2.45, 2.75) is 12.3 Å². The molecule has 64 valence electrons. The second-order valence-electron chi connectivity index (χ2n) is 3.16. The molecule has 1 amide bonds. The first-order chi connectivity index (χ1) is 6.22. The molecule has 5 heteroatoms. The third-order valence-corrected chi connectivity index (χ3v) is 3.05. The zero-order valence-corrected chi connectivity index (χ0v) is 7.58. The molecule has 1 aliphatic rings. The summed E-state index contributed by atoms with van der Waals surface area (Å²) >= 11 is 1.45. The lowest BCUT2D eigenvalue weighted by molar-refractivity contribution is -0.119. The van der Waals surface area contributed by atoms with Crippen molar-refractivity contribution < 1.29 is 4.79 Å². The van der Waals surface area contributed by atoms with Gasteiger partial charge in [0.1, 0.15) is 7.85 Å². The van der Waals surface area contributed by atoms with E-state index >= 15 is 0 Å². The summed E-state index contributed by atoms with van der Waals surface area (Å²) in [5, 5.41) is 4.34. The second kappa shape index (κ2) is 3.07. The summed E-state index contributed by atoms with van der Waals surface area (Å²) in [6, 6.07) is 1.85. The summed E-state index contributed by atoms with van der Waals surface area (Å²) in [5.41, 5.74) is 1.06. The van der Waals surface area contributed by atoms with Gasteiger partial charge in [0.05, 0.1) is 5.92 Å². The Bertz CT molecular complexity index is 363. The Balaban J connectivity index is 2.07. The van der Waals surface area contributed by atoms with Gasteiger partial charge in [-0.1, -0.05) is 6.07 Å². The fraction of sp³-hybridized carbons (Fsp3) is 0.375. The third kappa shape index (κ3) is 1.56. The SMILES string of the molecule is [B]c1cc(C2CC2C(=O)N=O)cs1. The lowest BCUT2D eigenvalue weighted by Gasteiger charge is -1.89. The highest BCUT2D eigenvalue weighted by atomic mass is 32.1. The van der Waals surface area contributed by atoms with E-state index in [1.54, 1.807) is 0 Å². The number of carbonyl (C=O) groups is 1. The van der Waals surface area contributed by atoms with Gasteiger partial charge in [-0.3, -0.25) is 4.79 Å². The Labute approximate surface area is 80.5 Å². The van der Waals surface area contributed by atoms with E-state index in [1.165, 1.54) is 11.3 Å². The van der Waals surface area contributed by atoms with E-state index < -0.39 is 5.91 Å². The third-order valence-electron chi connectivity index (χ3n) is 2.27. The zero-order chi connectivity index (χ0) is 9.42. The lowest BCUT2D eigenvalue weighted by Crippen LogP contribution is -1.96. The summed E-state index contributed by atoms with van der Waals surface area (Å²) in [7, 11) is 5.55. The number of rotatable bonds is 2. The van der Waals surface area contributed by atoms with E-state index in [0.717, 1.165) is 16.8 Å². The first-order valence-corrected chi connectivity index (χ1v) is 4.81. The lowest BCUT2D eigenvalue weighted by atomic mass is 10.1. The van der Waals surface area contributed by atoms with Crippen LogP contribution < -0.4 is 4.78 Å². The molecule has 13 heavy (non-hydrogen) atoms. The van der Waals surface area contributed by atoms with Crippen molar-refractivity contribution in [3.8, 4) is 0 Å². The maximum Gasteiger partial charge on any atom is 0.290 e. The second-order valence-corrected chi connectivity index (χ2v) is 4.10. The molecule has 1 aromatic rings. The predicted molar refractivity (Wildman–Crippen MR) is 51.4 cm³/mol. The molecule has 1 heterocycles. The van der Waals surface area contributed by atoms with Gasteiger partial charge in [0.2, 0.25) is 0 Å². The molecule has 2 rings (SSSR count). The molecule has 0 N–H and O–H groups in total. The number of nitroso groups, excluding NO2 is 1. The van der Waals surface area contributed by atoms with Crippen LogP contribution in [0.5, 0.6) is 0 Å². The normalized spacial score (nSPS) is 25.5. The predicted octanol–water partition coefficient (Wildman–Crippen LogP) is 0.938. The van der Waals surface area contributed by atoms with Crippen LogP contribution in [0.1, 0.15) is 17.9 Å². The van der Waals surface area contributed by atoms with Crippen LogP contribution in [0.15, 0.2) is 16.6 Å².